The van der Waals surface area contributed by atoms with Crippen molar-refractivity contribution >= 4 is 33.6 Å². The number of H-pyrrole nitrogens is 1. The normalized spacial score (nSPS) is 14.2. The molecule has 8 heteroatoms. The van der Waals surface area contributed by atoms with E-state index in [0.717, 1.165) is 63.3 Å². The molecule has 1 unspecified atom stereocenters. The van der Waals surface area contributed by atoms with Gasteiger partial charge in [0.05, 0.1) is 28.8 Å². The van der Waals surface area contributed by atoms with Crippen molar-refractivity contribution < 1.29 is 0 Å². The Morgan fingerprint density at radius 3 is 2.56 bits per heavy atom. The van der Waals surface area contributed by atoms with Crippen molar-refractivity contribution in [1.82, 2.24) is 25.5 Å². The highest BCUT2D eigenvalue weighted by molar-refractivity contribution is 7.15. The predicted octanol–water partition coefficient (Wildman–Crippen LogP) is 6.88. The number of thiophene rings is 1. The van der Waals surface area contributed by atoms with Crippen molar-refractivity contribution in [2.24, 2.45) is 0 Å². The van der Waals surface area contributed by atoms with Crippen molar-refractivity contribution in [3.05, 3.63) is 113 Å². The average Bonchev–Trinajstić information content (AvgIpc) is 3.71. The van der Waals surface area contributed by atoms with E-state index in [1.165, 1.54) is 15.3 Å². The van der Waals surface area contributed by atoms with Gasteiger partial charge in [-0.1, -0.05) is 36.4 Å². The molecule has 4 aromatic heterocycles. The van der Waals surface area contributed by atoms with Crippen molar-refractivity contribution in [3.63, 3.8) is 0 Å². The van der Waals surface area contributed by atoms with E-state index in [1.807, 2.05) is 30.9 Å². The fourth-order valence-corrected chi connectivity index (χ4v) is 5.97. The highest BCUT2D eigenvalue weighted by Crippen LogP contribution is 2.44. The second-order valence-corrected chi connectivity index (χ2v) is 11.1. The molecule has 192 valence electrons. The third kappa shape index (κ3) is 4.65. The maximum absolute atomic E-state index is 4.59. The summed E-state index contributed by atoms with van der Waals surface area (Å²) in [5, 5.41) is 19.7. The Bertz CT molecular complexity index is 1770. The number of rotatable bonds is 7. The smallest absolute Gasteiger partial charge is 0.141 e. The van der Waals surface area contributed by atoms with Gasteiger partial charge in [-0.15, -0.1) is 11.3 Å². The summed E-state index contributed by atoms with van der Waals surface area (Å²) in [4.78, 5) is 11.5. The summed E-state index contributed by atoms with van der Waals surface area (Å²) in [6.45, 7) is 3.70. The molecule has 7 nitrogen and oxygen atoms in total. The summed E-state index contributed by atoms with van der Waals surface area (Å²) in [5.41, 5.74) is 9.68. The Labute approximate surface area is 230 Å². The number of nitrogens with zero attached hydrogens (tertiary/aromatic N) is 3. The van der Waals surface area contributed by atoms with Crippen LogP contribution in [-0.4, -0.2) is 20.2 Å². The molecule has 0 spiro atoms. The van der Waals surface area contributed by atoms with E-state index < -0.39 is 0 Å². The lowest BCUT2D eigenvalue weighted by Gasteiger charge is -2.12. The number of fused-ring (bicyclic) bond motifs is 2. The molecule has 0 aliphatic carbocycles. The number of benzene rings is 2. The van der Waals surface area contributed by atoms with Crippen LogP contribution in [0.25, 0.3) is 32.5 Å². The molecule has 1 aliphatic rings. The standard InChI is InChI=1S/C31H27N7S/c1-19-7-10-28(39-19)25-17-34-18-27-29(25)36-31(35-27)30-24-12-22(8-9-26(24)37-38-30)23-11-21(15-33-16-23)14-32-13-20-5-3-2-4-6-20/h2-12,15-18,31-32,35-36H,13-14H2,1H3,(H,37,38). The molecular weight excluding hydrogens is 502 g/mol. The Morgan fingerprint density at radius 2 is 1.69 bits per heavy atom. The largest absolute Gasteiger partial charge is 0.358 e. The third-order valence-electron chi connectivity index (χ3n) is 7.04. The first-order chi connectivity index (χ1) is 19.2. The number of pyridine rings is 2. The van der Waals surface area contributed by atoms with Gasteiger partial charge in [-0.05, 0) is 53.9 Å². The summed E-state index contributed by atoms with van der Waals surface area (Å²) in [6, 6.07) is 23.3. The van der Waals surface area contributed by atoms with Gasteiger partial charge in [-0.25, -0.2) is 0 Å². The van der Waals surface area contributed by atoms with Crippen LogP contribution < -0.4 is 16.0 Å². The van der Waals surface area contributed by atoms with Gasteiger partial charge >= 0.3 is 0 Å². The zero-order valence-electron chi connectivity index (χ0n) is 21.4. The summed E-state index contributed by atoms with van der Waals surface area (Å²) in [6.07, 6.45) is 7.51. The minimum atomic E-state index is -0.143. The molecule has 1 atom stereocenters. The topological polar surface area (TPSA) is 90.6 Å². The average molecular weight is 530 g/mol. The summed E-state index contributed by atoms with van der Waals surface area (Å²) < 4.78 is 0. The van der Waals surface area contributed by atoms with Crippen LogP contribution >= 0.6 is 11.3 Å². The summed E-state index contributed by atoms with van der Waals surface area (Å²) in [5.74, 6) is 0. The van der Waals surface area contributed by atoms with E-state index >= 15 is 0 Å². The Morgan fingerprint density at radius 1 is 0.821 bits per heavy atom. The van der Waals surface area contributed by atoms with Gasteiger partial charge in [-0.2, -0.15) is 5.10 Å². The van der Waals surface area contributed by atoms with Gasteiger partial charge in [0.25, 0.3) is 0 Å². The van der Waals surface area contributed by atoms with Crippen molar-refractivity contribution in [2.75, 3.05) is 10.6 Å². The molecule has 2 aromatic carbocycles. The number of hydrogen-bond acceptors (Lipinski definition) is 7. The predicted molar refractivity (Wildman–Crippen MR) is 159 cm³/mol. The van der Waals surface area contributed by atoms with Crippen LogP contribution in [0.4, 0.5) is 11.4 Å². The van der Waals surface area contributed by atoms with E-state index in [9.17, 15) is 0 Å². The zero-order valence-corrected chi connectivity index (χ0v) is 22.2. The third-order valence-corrected chi connectivity index (χ3v) is 8.08. The fraction of sp³-hybridized carbons (Fsp3) is 0.129. The number of anilines is 2. The molecule has 7 rings (SSSR count). The highest BCUT2D eigenvalue weighted by atomic mass is 32.1. The molecule has 0 saturated carbocycles. The van der Waals surface area contributed by atoms with Crippen molar-refractivity contribution in [1.29, 1.82) is 0 Å². The van der Waals surface area contributed by atoms with Gasteiger partial charge < -0.3 is 16.0 Å². The first-order valence-electron chi connectivity index (χ1n) is 13.0. The summed E-state index contributed by atoms with van der Waals surface area (Å²) >= 11 is 1.77. The van der Waals surface area contributed by atoms with Gasteiger partial charge in [0.15, 0.2) is 0 Å². The first kappa shape index (κ1) is 23.6. The van der Waals surface area contributed by atoms with Crippen LogP contribution in [0.5, 0.6) is 0 Å². The lowest BCUT2D eigenvalue weighted by atomic mass is 10.0. The van der Waals surface area contributed by atoms with Gasteiger partial charge in [0, 0.05) is 57.9 Å². The number of nitrogens with one attached hydrogen (secondary N) is 4. The SMILES string of the molecule is Cc1ccc(-c2cncc3c2NC(c2[nH]nc4ccc(-c5cncc(CNCc6ccccc6)c5)cc24)N3)s1. The van der Waals surface area contributed by atoms with Gasteiger partial charge in [0.2, 0.25) is 0 Å². The van der Waals surface area contributed by atoms with Crippen LogP contribution in [0.2, 0.25) is 0 Å². The Hall–Kier alpha value is -4.53. The number of aromatic nitrogens is 4. The Balaban J connectivity index is 1.14. The van der Waals surface area contributed by atoms with Crippen LogP contribution in [0.1, 0.15) is 27.9 Å². The Kier molecular flexibility index (Phi) is 6.03. The van der Waals surface area contributed by atoms with E-state index in [0.29, 0.717) is 0 Å². The second-order valence-electron chi connectivity index (χ2n) is 9.78. The summed E-state index contributed by atoms with van der Waals surface area (Å²) in [7, 11) is 0. The zero-order chi connectivity index (χ0) is 26.2. The fourth-order valence-electron chi connectivity index (χ4n) is 5.09. The molecule has 0 amide bonds. The molecule has 0 saturated heterocycles. The van der Waals surface area contributed by atoms with Crippen molar-refractivity contribution in [2.45, 2.75) is 26.2 Å². The molecule has 0 fully saturated rings. The molecule has 1 aliphatic heterocycles. The van der Waals surface area contributed by atoms with E-state index in [4.69, 9.17) is 0 Å². The number of hydrogen-bond donors (Lipinski definition) is 4. The van der Waals surface area contributed by atoms with Crippen LogP contribution in [-0.2, 0) is 13.1 Å². The lowest BCUT2D eigenvalue weighted by molar-refractivity contribution is 0.691. The molecule has 6 aromatic rings. The number of aromatic amines is 1. The van der Waals surface area contributed by atoms with E-state index in [1.54, 1.807) is 11.3 Å². The van der Waals surface area contributed by atoms with E-state index in [2.05, 4.69) is 104 Å². The quantitative estimate of drug-likeness (QED) is 0.180. The second kappa shape index (κ2) is 9.98. The van der Waals surface area contributed by atoms with Crippen LogP contribution in [0.15, 0.2) is 91.5 Å². The lowest BCUT2D eigenvalue weighted by Crippen LogP contribution is -2.13. The molecule has 0 radical (unpaired) electrons. The van der Waals surface area contributed by atoms with Gasteiger partial charge in [-0.3, -0.25) is 15.1 Å². The maximum Gasteiger partial charge on any atom is 0.141 e. The van der Waals surface area contributed by atoms with Crippen LogP contribution in [0, 0.1) is 6.92 Å². The molecule has 0 bridgehead atoms. The molecular formula is C31H27N7S. The highest BCUT2D eigenvalue weighted by Gasteiger charge is 2.27. The minimum Gasteiger partial charge on any atom is -0.358 e. The minimum absolute atomic E-state index is 0.143. The number of aryl methyl sites for hydroxylation is 1. The molecule has 4 N–H and O–H groups in total. The maximum atomic E-state index is 4.59. The first-order valence-corrected chi connectivity index (χ1v) is 13.8. The van der Waals surface area contributed by atoms with Crippen molar-refractivity contribution in [3.8, 4) is 21.6 Å². The molecule has 5 heterocycles. The van der Waals surface area contributed by atoms with Gasteiger partial charge in [0.1, 0.15) is 6.17 Å². The monoisotopic (exact) mass is 529 g/mol. The molecule has 39 heavy (non-hydrogen) atoms. The van der Waals surface area contributed by atoms with Crippen LogP contribution in [0.3, 0.4) is 0 Å². The van der Waals surface area contributed by atoms with E-state index in [-0.39, 0.29) is 6.17 Å².